The zero-order chi connectivity index (χ0) is 8.10. The minimum atomic E-state index is -0.707. The van der Waals surface area contributed by atoms with Gasteiger partial charge in [-0.15, -0.1) is 12.4 Å². The topological polar surface area (TPSA) is 26.3 Å². The van der Waals surface area contributed by atoms with Gasteiger partial charge in [0.2, 0.25) is 0 Å². The highest BCUT2D eigenvalue weighted by atomic mass is 35.5. The van der Waals surface area contributed by atoms with Crippen molar-refractivity contribution in [1.29, 1.82) is 0 Å². The van der Waals surface area contributed by atoms with Crippen molar-refractivity contribution in [3.8, 4) is 0 Å². The summed E-state index contributed by atoms with van der Waals surface area (Å²) in [6.07, 6.45) is 5.20. The monoisotopic (exact) mass is 208 g/mol. The second kappa shape index (κ2) is 6.14. The van der Waals surface area contributed by atoms with E-state index in [9.17, 15) is 4.79 Å². The second-order valence-corrected chi connectivity index (χ2v) is 3.75. The summed E-state index contributed by atoms with van der Waals surface area (Å²) in [7, 11) is 0. The molecule has 0 aromatic rings. The maximum absolute atomic E-state index is 10.9. The Morgan fingerprint density at radius 2 is 2.00 bits per heavy atom. The van der Waals surface area contributed by atoms with Crippen molar-refractivity contribution in [2.24, 2.45) is 0 Å². The van der Waals surface area contributed by atoms with Crippen LogP contribution in [0.4, 0.5) is 0 Å². The summed E-state index contributed by atoms with van der Waals surface area (Å²) in [5, 5.41) is 3.84. The lowest BCUT2D eigenvalue weighted by molar-refractivity contribution is -0.133. The largest absolute Gasteiger partial charge is 0.410 e. The first kappa shape index (κ1) is 11.6. The van der Waals surface area contributed by atoms with Gasteiger partial charge in [0, 0.05) is 6.42 Å². The summed E-state index contributed by atoms with van der Waals surface area (Å²) in [6, 6.07) is 0. The molecule has 0 N–H and O–H groups in total. The van der Waals surface area contributed by atoms with Crippen LogP contribution in [0.15, 0.2) is 23.0 Å². The third-order valence-electron chi connectivity index (χ3n) is 1.24. The van der Waals surface area contributed by atoms with E-state index < -0.39 is 11.2 Å². The van der Waals surface area contributed by atoms with Gasteiger partial charge >= 0.3 is 5.97 Å². The molecule has 70 valence electrons. The van der Waals surface area contributed by atoms with E-state index in [1.165, 1.54) is 0 Å². The minimum Gasteiger partial charge on any atom is -0.410 e. The number of rotatable bonds is 3. The van der Waals surface area contributed by atoms with Gasteiger partial charge in [0.1, 0.15) is 0 Å². The predicted molar refractivity (Wildman–Crippen MR) is 55.5 cm³/mol. The van der Waals surface area contributed by atoms with Gasteiger partial charge in [0.05, 0.1) is 0 Å². The van der Waals surface area contributed by atoms with Gasteiger partial charge in [0.25, 0.3) is 0 Å². The third-order valence-corrected chi connectivity index (χ3v) is 2.58. The van der Waals surface area contributed by atoms with Crippen LogP contribution in [0, 0.1) is 0 Å². The molecule has 0 amide bonds. The van der Waals surface area contributed by atoms with Crippen LogP contribution in [0.25, 0.3) is 0 Å². The lowest BCUT2D eigenvalue weighted by Crippen LogP contribution is -1.98. The van der Waals surface area contributed by atoms with Crippen LogP contribution in [0.1, 0.15) is 19.8 Å². The number of hydrogen-bond donors (Lipinski definition) is 1. The fraction of sp³-hybridized carbons (Fsp3) is 0.375. The number of carbonyl (C=O) groups excluding carboxylic acids is 1. The van der Waals surface area contributed by atoms with Crippen molar-refractivity contribution in [2.45, 2.75) is 19.8 Å². The Morgan fingerprint density at radius 3 is 2.50 bits per heavy atom. The maximum atomic E-state index is 10.9. The van der Waals surface area contributed by atoms with E-state index in [0.29, 0.717) is 6.42 Å². The highest BCUT2D eigenvalue weighted by molar-refractivity contribution is 8.18. The molecule has 1 rings (SSSR count). The smallest absolute Gasteiger partial charge is 0.316 e. The molecule has 0 aromatic heterocycles. The Balaban J connectivity index is 0.00000121. The normalized spacial score (nSPS) is 15.9. The highest BCUT2D eigenvalue weighted by Gasteiger charge is 2.05. The van der Waals surface area contributed by atoms with Crippen LogP contribution in [-0.2, 0) is 8.98 Å². The first-order chi connectivity index (χ1) is 5.33. The molecule has 0 saturated heterocycles. The van der Waals surface area contributed by atoms with Crippen molar-refractivity contribution < 1.29 is 8.98 Å². The molecule has 0 fully saturated rings. The molecule has 4 heteroatoms. The molecule has 0 spiro atoms. The van der Waals surface area contributed by atoms with Crippen molar-refractivity contribution in [3.63, 3.8) is 0 Å². The van der Waals surface area contributed by atoms with Crippen molar-refractivity contribution in [2.75, 3.05) is 0 Å². The minimum absolute atomic E-state index is 0. The predicted octanol–water partition coefficient (Wildman–Crippen LogP) is 2.71. The SMILES string of the molecule is CCCC(=O)O[SH]1C=CC=C1.Cl. The second-order valence-electron chi connectivity index (χ2n) is 2.26. The summed E-state index contributed by atoms with van der Waals surface area (Å²) in [4.78, 5) is 10.9. The van der Waals surface area contributed by atoms with Crippen LogP contribution in [-0.4, -0.2) is 5.97 Å². The summed E-state index contributed by atoms with van der Waals surface area (Å²) < 4.78 is 5.10. The van der Waals surface area contributed by atoms with Crippen LogP contribution >= 0.6 is 23.6 Å². The Hall–Kier alpha value is -0.410. The van der Waals surface area contributed by atoms with Crippen LogP contribution < -0.4 is 0 Å². The Morgan fingerprint density at radius 1 is 1.42 bits per heavy atom. The van der Waals surface area contributed by atoms with E-state index in [0.717, 1.165) is 6.42 Å². The lowest BCUT2D eigenvalue weighted by Gasteiger charge is -2.09. The van der Waals surface area contributed by atoms with Crippen molar-refractivity contribution in [1.82, 2.24) is 0 Å². The van der Waals surface area contributed by atoms with Gasteiger partial charge in [0.15, 0.2) is 0 Å². The summed E-state index contributed by atoms with van der Waals surface area (Å²) in [5.74, 6) is -0.0881. The quantitative estimate of drug-likeness (QED) is 0.722. The van der Waals surface area contributed by atoms with Crippen LogP contribution in [0.3, 0.4) is 0 Å². The molecule has 0 radical (unpaired) electrons. The Kier molecular flexibility index (Phi) is 5.93. The standard InChI is InChI=1S/C8H12O2S.ClH/c1-2-5-8(9)10-11-6-3-4-7-11;/h3-4,6-7,11H,2,5H2,1H3;1H. The van der Waals surface area contributed by atoms with E-state index in [4.69, 9.17) is 4.18 Å². The van der Waals surface area contributed by atoms with Gasteiger partial charge < -0.3 is 4.18 Å². The molecule has 0 atom stereocenters. The summed E-state index contributed by atoms with van der Waals surface area (Å²) in [6.45, 7) is 1.97. The lowest BCUT2D eigenvalue weighted by atomic mass is 10.4. The zero-order valence-corrected chi connectivity index (χ0v) is 8.61. The number of halogens is 1. The van der Waals surface area contributed by atoms with Gasteiger partial charge in [-0.25, -0.2) is 0 Å². The molecule has 0 aliphatic carbocycles. The Bertz CT molecular complexity index is 189. The van der Waals surface area contributed by atoms with Crippen LogP contribution in [0.2, 0.25) is 0 Å². The van der Waals surface area contributed by atoms with Gasteiger partial charge in [-0.05, 0) is 17.2 Å². The van der Waals surface area contributed by atoms with Gasteiger partial charge in [-0.3, -0.25) is 4.79 Å². The molecular formula is C8H13ClO2S. The maximum Gasteiger partial charge on any atom is 0.316 e. The molecule has 0 saturated carbocycles. The molecule has 0 aromatic carbocycles. The number of thiol groups is 1. The number of carbonyl (C=O) groups is 1. The average molecular weight is 209 g/mol. The Labute approximate surface area is 81.6 Å². The number of allylic oxidation sites excluding steroid dienone is 2. The van der Waals surface area contributed by atoms with E-state index in [2.05, 4.69) is 0 Å². The van der Waals surface area contributed by atoms with Gasteiger partial charge in [-0.1, -0.05) is 30.3 Å². The summed E-state index contributed by atoms with van der Waals surface area (Å²) >= 11 is -0.707. The number of hydrogen-bond acceptors (Lipinski definition) is 2. The first-order valence-electron chi connectivity index (χ1n) is 3.67. The molecular weight excluding hydrogens is 196 g/mol. The van der Waals surface area contributed by atoms with Gasteiger partial charge in [-0.2, -0.15) is 0 Å². The highest BCUT2D eigenvalue weighted by Crippen LogP contribution is 2.34. The molecule has 1 aliphatic rings. The van der Waals surface area contributed by atoms with Crippen LogP contribution in [0.5, 0.6) is 0 Å². The fourth-order valence-corrected chi connectivity index (χ4v) is 1.83. The summed E-state index contributed by atoms with van der Waals surface area (Å²) in [5.41, 5.74) is 0. The molecule has 0 bridgehead atoms. The zero-order valence-electron chi connectivity index (χ0n) is 6.90. The first-order valence-corrected chi connectivity index (χ1v) is 5.07. The molecule has 12 heavy (non-hydrogen) atoms. The van der Waals surface area contributed by atoms with E-state index in [1.807, 2.05) is 29.9 Å². The molecule has 1 aliphatic heterocycles. The third kappa shape index (κ3) is 3.83. The van der Waals surface area contributed by atoms with E-state index >= 15 is 0 Å². The molecule has 1 heterocycles. The molecule has 0 unspecified atom stereocenters. The fourth-order valence-electron chi connectivity index (χ4n) is 0.747. The van der Waals surface area contributed by atoms with Crippen molar-refractivity contribution in [3.05, 3.63) is 23.0 Å². The average Bonchev–Trinajstić information content (AvgIpc) is 2.40. The molecule has 2 nitrogen and oxygen atoms in total. The van der Waals surface area contributed by atoms with Crippen molar-refractivity contribution >= 4 is 29.6 Å². The van der Waals surface area contributed by atoms with E-state index in [-0.39, 0.29) is 18.4 Å². The van der Waals surface area contributed by atoms with E-state index in [1.54, 1.807) is 0 Å².